The first kappa shape index (κ1) is 14.5. The molecule has 0 spiro atoms. The van der Waals surface area contributed by atoms with E-state index in [-0.39, 0.29) is 23.4 Å². The smallest absolute Gasteiger partial charge is 0.227 e. The number of amides is 1. The Labute approximate surface area is 120 Å². The number of benzene rings is 1. The number of carbonyl (C=O) groups excluding carboxylic acids is 1. The van der Waals surface area contributed by atoms with E-state index in [1.165, 1.54) is 6.07 Å². The van der Waals surface area contributed by atoms with Gasteiger partial charge in [0.15, 0.2) is 0 Å². The Balaban J connectivity index is 2.09. The molecule has 2 atom stereocenters. The van der Waals surface area contributed by atoms with Crippen LogP contribution in [-0.4, -0.2) is 12.5 Å². The third kappa shape index (κ3) is 3.54. The summed E-state index contributed by atoms with van der Waals surface area (Å²) >= 11 is 3.27. The van der Waals surface area contributed by atoms with Gasteiger partial charge in [-0.2, -0.15) is 0 Å². The number of halogens is 2. The Kier molecular flexibility index (Phi) is 4.93. The lowest BCUT2D eigenvalue weighted by molar-refractivity contribution is -0.122. The summed E-state index contributed by atoms with van der Waals surface area (Å²) in [6.07, 6.45) is 3.98. The minimum absolute atomic E-state index is 0.0999. The number of nitrogens with two attached hydrogens (primary N) is 1. The van der Waals surface area contributed by atoms with Crippen molar-refractivity contribution in [3.8, 4) is 0 Å². The van der Waals surface area contributed by atoms with Crippen molar-refractivity contribution in [1.82, 2.24) is 0 Å². The molecule has 3 N–H and O–H groups in total. The van der Waals surface area contributed by atoms with E-state index in [2.05, 4.69) is 21.2 Å². The van der Waals surface area contributed by atoms with Crippen LogP contribution in [-0.2, 0) is 4.79 Å². The van der Waals surface area contributed by atoms with Crippen LogP contribution in [0.5, 0.6) is 0 Å². The first-order valence-electron chi connectivity index (χ1n) is 6.58. The Morgan fingerprint density at radius 3 is 2.89 bits per heavy atom. The van der Waals surface area contributed by atoms with Gasteiger partial charge in [-0.15, -0.1) is 0 Å². The van der Waals surface area contributed by atoms with Gasteiger partial charge in [-0.05, 0) is 43.5 Å². The molecule has 0 bridgehead atoms. The van der Waals surface area contributed by atoms with E-state index in [0.717, 1.165) is 30.2 Å². The largest absolute Gasteiger partial charge is 0.330 e. The molecule has 0 heterocycles. The fraction of sp³-hybridized carbons (Fsp3) is 0.500. The molecule has 0 saturated heterocycles. The lowest BCUT2D eigenvalue weighted by Crippen LogP contribution is -2.35. The second-order valence-electron chi connectivity index (χ2n) is 5.00. The normalized spacial score (nSPS) is 23.1. The fourth-order valence-electron chi connectivity index (χ4n) is 2.65. The SMILES string of the molecule is NCC1CCCCC1C(=O)Nc1cc(Br)ccc1F. The van der Waals surface area contributed by atoms with E-state index in [9.17, 15) is 9.18 Å². The zero-order valence-electron chi connectivity index (χ0n) is 10.7. The Morgan fingerprint density at radius 1 is 1.42 bits per heavy atom. The van der Waals surface area contributed by atoms with Crippen molar-refractivity contribution >= 4 is 27.5 Å². The second-order valence-corrected chi connectivity index (χ2v) is 5.92. The highest BCUT2D eigenvalue weighted by Crippen LogP contribution is 2.31. The van der Waals surface area contributed by atoms with Crippen LogP contribution < -0.4 is 11.1 Å². The molecule has 104 valence electrons. The molecule has 3 nitrogen and oxygen atoms in total. The fourth-order valence-corrected chi connectivity index (χ4v) is 3.01. The maximum absolute atomic E-state index is 13.6. The van der Waals surface area contributed by atoms with Crippen molar-refractivity contribution in [2.45, 2.75) is 25.7 Å². The molecule has 19 heavy (non-hydrogen) atoms. The van der Waals surface area contributed by atoms with Crippen molar-refractivity contribution in [3.63, 3.8) is 0 Å². The van der Waals surface area contributed by atoms with E-state index in [0.29, 0.717) is 6.54 Å². The molecule has 5 heteroatoms. The van der Waals surface area contributed by atoms with E-state index in [4.69, 9.17) is 5.73 Å². The number of nitrogens with one attached hydrogen (secondary N) is 1. The highest BCUT2D eigenvalue weighted by Gasteiger charge is 2.30. The first-order valence-corrected chi connectivity index (χ1v) is 7.37. The highest BCUT2D eigenvalue weighted by molar-refractivity contribution is 9.10. The molecule has 1 aliphatic rings. The number of carbonyl (C=O) groups is 1. The van der Waals surface area contributed by atoms with E-state index < -0.39 is 5.82 Å². The second kappa shape index (κ2) is 6.48. The third-order valence-electron chi connectivity index (χ3n) is 3.73. The molecule has 0 radical (unpaired) electrons. The predicted molar refractivity (Wildman–Crippen MR) is 77.2 cm³/mol. The van der Waals surface area contributed by atoms with Crippen molar-refractivity contribution in [3.05, 3.63) is 28.5 Å². The monoisotopic (exact) mass is 328 g/mol. The van der Waals surface area contributed by atoms with Crippen LogP contribution in [0.1, 0.15) is 25.7 Å². The van der Waals surface area contributed by atoms with Crippen LogP contribution in [0, 0.1) is 17.7 Å². The summed E-state index contributed by atoms with van der Waals surface area (Å²) in [5, 5.41) is 2.69. The molecule has 1 aromatic rings. The van der Waals surface area contributed by atoms with Gasteiger partial charge in [0, 0.05) is 10.4 Å². The maximum Gasteiger partial charge on any atom is 0.227 e. The zero-order valence-corrected chi connectivity index (χ0v) is 12.2. The van der Waals surface area contributed by atoms with Gasteiger partial charge in [-0.1, -0.05) is 28.8 Å². The lowest BCUT2D eigenvalue weighted by Gasteiger charge is -2.29. The Bertz CT molecular complexity index is 467. The summed E-state index contributed by atoms with van der Waals surface area (Å²) in [7, 11) is 0. The molecule has 0 aliphatic heterocycles. The van der Waals surface area contributed by atoms with Gasteiger partial charge in [0.1, 0.15) is 5.82 Å². The van der Waals surface area contributed by atoms with Crippen LogP contribution in [0.15, 0.2) is 22.7 Å². The molecular formula is C14H18BrFN2O. The molecule has 1 amide bonds. The highest BCUT2D eigenvalue weighted by atomic mass is 79.9. The molecule has 1 aliphatic carbocycles. The number of anilines is 1. The van der Waals surface area contributed by atoms with Gasteiger partial charge in [0.2, 0.25) is 5.91 Å². The summed E-state index contributed by atoms with van der Waals surface area (Å²) in [5.41, 5.74) is 5.94. The van der Waals surface area contributed by atoms with Crippen molar-refractivity contribution in [2.24, 2.45) is 17.6 Å². The minimum atomic E-state index is -0.420. The van der Waals surface area contributed by atoms with Crippen LogP contribution in [0.25, 0.3) is 0 Å². The standard InChI is InChI=1S/C14H18BrFN2O/c15-10-5-6-12(16)13(7-10)18-14(19)11-4-2-1-3-9(11)8-17/h5-7,9,11H,1-4,8,17H2,(H,18,19). The molecule has 1 fully saturated rings. The van der Waals surface area contributed by atoms with Crippen molar-refractivity contribution in [1.29, 1.82) is 0 Å². The maximum atomic E-state index is 13.6. The number of hydrogen-bond donors (Lipinski definition) is 2. The summed E-state index contributed by atoms with van der Waals surface area (Å²) in [4.78, 5) is 12.3. The molecule has 1 aromatic carbocycles. The summed E-state index contributed by atoms with van der Waals surface area (Å²) < 4.78 is 14.4. The van der Waals surface area contributed by atoms with Gasteiger partial charge < -0.3 is 11.1 Å². The zero-order chi connectivity index (χ0) is 13.8. The van der Waals surface area contributed by atoms with E-state index in [1.807, 2.05) is 0 Å². The van der Waals surface area contributed by atoms with Gasteiger partial charge in [0.05, 0.1) is 5.69 Å². The van der Waals surface area contributed by atoms with Gasteiger partial charge in [-0.25, -0.2) is 4.39 Å². The molecule has 1 saturated carbocycles. The minimum Gasteiger partial charge on any atom is -0.330 e. The number of rotatable bonds is 3. The van der Waals surface area contributed by atoms with Gasteiger partial charge in [-0.3, -0.25) is 4.79 Å². The lowest BCUT2D eigenvalue weighted by atomic mass is 9.78. The van der Waals surface area contributed by atoms with Crippen LogP contribution in [0.2, 0.25) is 0 Å². The third-order valence-corrected chi connectivity index (χ3v) is 4.23. The average molecular weight is 329 g/mol. The molecule has 0 aromatic heterocycles. The average Bonchev–Trinajstić information content (AvgIpc) is 2.42. The predicted octanol–water partition coefficient (Wildman–Crippen LogP) is 3.29. The first-order chi connectivity index (χ1) is 9.11. The molecule has 2 rings (SSSR count). The van der Waals surface area contributed by atoms with E-state index in [1.54, 1.807) is 12.1 Å². The van der Waals surface area contributed by atoms with Crippen LogP contribution >= 0.6 is 15.9 Å². The summed E-state index contributed by atoms with van der Waals surface area (Å²) in [5.74, 6) is -0.426. The van der Waals surface area contributed by atoms with Crippen LogP contribution in [0.3, 0.4) is 0 Å². The summed E-state index contributed by atoms with van der Waals surface area (Å²) in [6.45, 7) is 0.513. The topological polar surface area (TPSA) is 55.1 Å². The molecular weight excluding hydrogens is 311 g/mol. The quantitative estimate of drug-likeness (QED) is 0.894. The Morgan fingerprint density at radius 2 is 2.16 bits per heavy atom. The van der Waals surface area contributed by atoms with Gasteiger partial charge in [0.25, 0.3) is 0 Å². The van der Waals surface area contributed by atoms with E-state index >= 15 is 0 Å². The van der Waals surface area contributed by atoms with Crippen molar-refractivity contribution in [2.75, 3.05) is 11.9 Å². The number of hydrogen-bond acceptors (Lipinski definition) is 2. The van der Waals surface area contributed by atoms with Crippen LogP contribution in [0.4, 0.5) is 10.1 Å². The van der Waals surface area contributed by atoms with Gasteiger partial charge >= 0.3 is 0 Å². The molecule has 2 unspecified atom stereocenters. The summed E-state index contributed by atoms with van der Waals surface area (Å²) in [6, 6.07) is 4.52. The Hall–Kier alpha value is -0.940. The van der Waals surface area contributed by atoms with Crippen molar-refractivity contribution < 1.29 is 9.18 Å².